The zero-order valence-corrected chi connectivity index (χ0v) is 13.1. The molecule has 2 aromatic heterocycles. The molecule has 0 amide bonds. The zero-order chi connectivity index (χ0) is 13.4. The van der Waals surface area contributed by atoms with Crippen LogP contribution in [-0.2, 0) is 6.54 Å². The Balaban J connectivity index is 1.43. The molecule has 2 aliphatic heterocycles. The van der Waals surface area contributed by atoms with Crippen LogP contribution >= 0.6 is 22.7 Å². The highest BCUT2D eigenvalue weighted by Crippen LogP contribution is 2.36. The zero-order valence-electron chi connectivity index (χ0n) is 11.5. The maximum Gasteiger partial charge on any atom is 0.124 e. The van der Waals surface area contributed by atoms with Crippen molar-refractivity contribution in [2.45, 2.75) is 19.4 Å². The third-order valence-corrected chi connectivity index (χ3v) is 6.18. The number of likely N-dealkylation sites (tertiary alicyclic amines) is 1. The van der Waals surface area contributed by atoms with Crippen LogP contribution in [0.3, 0.4) is 0 Å². The van der Waals surface area contributed by atoms with Gasteiger partial charge in [0.2, 0.25) is 0 Å². The molecule has 1 atom stereocenters. The van der Waals surface area contributed by atoms with Crippen LogP contribution in [0.5, 0.6) is 0 Å². The van der Waals surface area contributed by atoms with E-state index in [-0.39, 0.29) is 0 Å². The lowest BCUT2D eigenvalue weighted by Crippen LogP contribution is -2.29. The van der Waals surface area contributed by atoms with E-state index >= 15 is 0 Å². The number of rotatable bonds is 3. The SMILES string of the molecule is c1cc(-c2nc(CN3CCC4(CCNC4)C3)cs2)cs1. The minimum atomic E-state index is 0.562. The number of hydrogen-bond acceptors (Lipinski definition) is 5. The molecule has 2 aliphatic rings. The Kier molecular flexibility index (Phi) is 3.38. The predicted octanol–water partition coefficient (Wildman–Crippen LogP) is 3.06. The van der Waals surface area contributed by atoms with Crippen molar-refractivity contribution in [2.75, 3.05) is 26.2 Å². The Morgan fingerprint density at radius 3 is 3.15 bits per heavy atom. The molecule has 1 unspecified atom stereocenters. The lowest BCUT2D eigenvalue weighted by Gasteiger charge is -2.22. The van der Waals surface area contributed by atoms with E-state index in [2.05, 4.69) is 32.4 Å². The molecule has 4 rings (SSSR count). The molecular formula is C15H19N3S2. The van der Waals surface area contributed by atoms with Crippen molar-refractivity contribution < 1.29 is 0 Å². The smallest absolute Gasteiger partial charge is 0.124 e. The second-order valence-corrected chi connectivity index (χ2v) is 7.68. The monoisotopic (exact) mass is 305 g/mol. The lowest BCUT2D eigenvalue weighted by atomic mass is 9.87. The summed E-state index contributed by atoms with van der Waals surface area (Å²) >= 11 is 3.51. The third kappa shape index (κ3) is 2.44. The first-order chi connectivity index (χ1) is 9.83. The normalized spacial score (nSPS) is 26.8. The van der Waals surface area contributed by atoms with E-state index in [0.717, 1.165) is 11.6 Å². The van der Waals surface area contributed by atoms with Crippen molar-refractivity contribution in [1.82, 2.24) is 15.2 Å². The summed E-state index contributed by atoms with van der Waals surface area (Å²) in [5.74, 6) is 0. The van der Waals surface area contributed by atoms with Crippen LogP contribution < -0.4 is 5.32 Å². The maximum absolute atomic E-state index is 4.80. The molecule has 0 aromatic carbocycles. The van der Waals surface area contributed by atoms with Gasteiger partial charge in [-0.25, -0.2) is 4.98 Å². The summed E-state index contributed by atoms with van der Waals surface area (Å²) in [4.78, 5) is 7.38. The van der Waals surface area contributed by atoms with E-state index in [1.54, 1.807) is 22.7 Å². The summed E-state index contributed by atoms with van der Waals surface area (Å²) < 4.78 is 0. The highest BCUT2D eigenvalue weighted by atomic mass is 32.1. The fourth-order valence-corrected chi connectivity index (χ4v) is 4.96. The van der Waals surface area contributed by atoms with E-state index in [9.17, 15) is 0 Å². The minimum Gasteiger partial charge on any atom is -0.316 e. The highest BCUT2D eigenvalue weighted by Gasteiger charge is 2.40. The number of aromatic nitrogens is 1. The predicted molar refractivity (Wildman–Crippen MR) is 85.2 cm³/mol. The molecule has 20 heavy (non-hydrogen) atoms. The summed E-state index contributed by atoms with van der Waals surface area (Å²) in [7, 11) is 0. The van der Waals surface area contributed by atoms with Crippen molar-refractivity contribution in [3.05, 3.63) is 27.9 Å². The van der Waals surface area contributed by atoms with E-state index in [1.807, 2.05) is 0 Å². The Hall–Kier alpha value is -0.750. The van der Waals surface area contributed by atoms with E-state index in [4.69, 9.17) is 4.98 Å². The van der Waals surface area contributed by atoms with Crippen LogP contribution in [0.1, 0.15) is 18.5 Å². The number of hydrogen-bond donors (Lipinski definition) is 1. The van der Waals surface area contributed by atoms with E-state index in [0.29, 0.717) is 5.41 Å². The molecule has 106 valence electrons. The van der Waals surface area contributed by atoms with Crippen LogP contribution in [-0.4, -0.2) is 36.1 Å². The summed E-state index contributed by atoms with van der Waals surface area (Å²) in [6.45, 7) is 5.90. The van der Waals surface area contributed by atoms with Gasteiger partial charge in [-0.1, -0.05) is 0 Å². The summed E-state index contributed by atoms with van der Waals surface area (Å²) in [5.41, 5.74) is 3.06. The Labute approximate surface area is 127 Å². The van der Waals surface area contributed by atoms with Crippen molar-refractivity contribution >= 4 is 22.7 Å². The van der Waals surface area contributed by atoms with Gasteiger partial charge in [0.1, 0.15) is 5.01 Å². The molecule has 3 nitrogen and oxygen atoms in total. The second-order valence-electron chi connectivity index (χ2n) is 6.04. The lowest BCUT2D eigenvalue weighted by molar-refractivity contribution is 0.267. The van der Waals surface area contributed by atoms with Gasteiger partial charge in [-0.2, -0.15) is 11.3 Å². The molecular weight excluding hydrogens is 286 g/mol. The Morgan fingerprint density at radius 1 is 1.35 bits per heavy atom. The quantitative estimate of drug-likeness (QED) is 0.944. The van der Waals surface area contributed by atoms with Crippen LogP contribution in [0.4, 0.5) is 0 Å². The molecule has 0 aliphatic carbocycles. The molecule has 0 radical (unpaired) electrons. The molecule has 1 spiro atoms. The van der Waals surface area contributed by atoms with Crippen molar-refractivity contribution in [1.29, 1.82) is 0 Å². The number of thiophene rings is 1. The van der Waals surface area contributed by atoms with Gasteiger partial charge < -0.3 is 5.32 Å². The van der Waals surface area contributed by atoms with Crippen LogP contribution in [0.25, 0.3) is 10.6 Å². The summed E-state index contributed by atoms with van der Waals surface area (Å²) in [5, 5.41) is 11.2. The Morgan fingerprint density at radius 2 is 2.35 bits per heavy atom. The molecule has 2 fully saturated rings. The first-order valence-corrected chi connectivity index (χ1v) is 9.05. The minimum absolute atomic E-state index is 0.562. The number of nitrogens with zero attached hydrogens (tertiary/aromatic N) is 2. The first kappa shape index (κ1) is 13.0. The molecule has 2 saturated heterocycles. The molecule has 0 saturated carbocycles. The van der Waals surface area contributed by atoms with Gasteiger partial charge in [0.15, 0.2) is 0 Å². The van der Waals surface area contributed by atoms with Gasteiger partial charge in [-0.05, 0) is 42.8 Å². The molecule has 0 bridgehead atoms. The van der Waals surface area contributed by atoms with E-state index in [1.165, 1.54) is 50.3 Å². The van der Waals surface area contributed by atoms with Crippen LogP contribution in [0.15, 0.2) is 22.2 Å². The third-order valence-electron chi connectivity index (χ3n) is 4.55. The average molecular weight is 305 g/mol. The fourth-order valence-electron chi connectivity index (χ4n) is 3.43. The van der Waals surface area contributed by atoms with Crippen LogP contribution in [0, 0.1) is 5.41 Å². The molecule has 5 heteroatoms. The van der Waals surface area contributed by atoms with Crippen LogP contribution in [0.2, 0.25) is 0 Å². The second kappa shape index (κ2) is 5.22. The van der Waals surface area contributed by atoms with Crippen molar-refractivity contribution in [2.24, 2.45) is 5.41 Å². The topological polar surface area (TPSA) is 28.2 Å². The number of thiazole rings is 1. The van der Waals surface area contributed by atoms with Gasteiger partial charge in [-0.15, -0.1) is 11.3 Å². The largest absolute Gasteiger partial charge is 0.316 e. The maximum atomic E-state index is 4.80. The van der Waals surface area contributed by atoms with Crippen molar-refractivity contribution in [3.63, 3.8) is 0 Å². The Bertz CT molecular complexity index is 570. The van der Waals surface area contributed by atoms with Gasteiger partial charge in [0, 0.05) is 36.0 Å². The number of nitrogens with one attached hydrogen (secondary N) is 1. The summed E-state index contributed by atoms with van der Waals surface area (Å²) in [6, 6.07) is 2.16. The van der Waals surface area contributed by atoms with Gasteiger partial charge in [0.05, 0.1) is 5.69 Å². The van der Waals surface area contributed by atoms with E-state index < -0.39 is 0 Å². The van der Waals surface area contributed by atoms with Gasteiger partial charge in [0.25, 0.3) is 0 Å². The molecule has 4 heterocycles. The fraction of sp³-hybridized carbons (Fsp3) is 0.533. The van der Waals surface area contributed by atoms with Gasteiger partial charge >= 0.3 is 0 Å². The highest BCUT2D eigenvalue weighted by molar-refractivity contribution is 7.14. The average Bonchev–Trinajstić information content (AvgIpc) is 3.21. The summed E-state index contributed by atoms with van der Waals surface area (Å²) in [6.07, 6.45) is 2.70. The molecule has 2 aromatic rings. The van der Waals surface area contributed by atoms with Crippen molar-refractivity contribution in [3.8, 4) is 10.6 Å². The first-order valence-electron chi connectivity index (χ1n) is 7.23. The molecule has 1 N–H and O–H groups in total. The standard InChI is InChI=1S/C15H19N3S2/c1-6-19-8-12(1)14-17-13(9-20-14)7-18-5-3-15(11-18)2-4-16-10-15/h1,6,8-9,16H,2-5,7,10-11H2. The van der Waals surface area contributed by atoms with Gasteiger partial charge in [-0.3, -0.25) is 4.90 Å².